The van der Waals surface area contributed by atoms with Gasteiger partial charge in [-0.1, -0.05) is 29.8 Å². The van der Waals surface area contributed by atoms with Gasteiger partial charge in [-0.25, -0.2) is 4.79 Å². The fraction of sp³-hybridized carbons (Fsp3) is 0.105. The van der Waals surface area contributed by atoms with Crippen molar-refractivity contribution >= 4 is 29.2 Å². The van der Waals surface area contributed by atoms with Crippen LogP contribution in [0.5, 0.6) is 0 Å². The lowest BCUT2D eigenvalue weighted by atomic mass is 10.1. The van der Waals surface area contributed by atoms with Crippen LogP contribution >= 0.6 is 11.6 Å². The molecule has 0 aliphatic heterocycles. The van der Waals surface area contributed by atoms with Gasteiger partial charge in [-0.2, -0.15) is 0 Å². The van der Waals surface area contributed by atoms with E-state index in [0.717, 1.165) is 11.3 Å². The molecule has 128 valence electrons. The molecule has 0 saturated heterocycles. The van der Waals surface area contributed by atoms with Gasteiger partial charge < -0.3 is 15.0 Å². The monoisotopic (exact) mass is 355 g/mol. The lowest BCUT2D eigenvalue weighted by Gasteiger charge is -2.16. The summed E-state index contributed by atoms with van der Waals surface area (Å²) in [7, 11) is 0. The molecule has 25 heavy (non-hydrogen) atoms. The first-order valence-electron chi connectivity index (χ1n) is 7.80. The molecule has 0 bridgehead atoms. The molecule has 5 nitrogen and oxygen atoms in total. The number of halogens is 1. The Labute approximate surface area is 151 Å². The second-order valence-electron chi connectivity index (χ2n) is 5.55. The summed E-state index contributed by atoms with van der Waals surface area (Å²) in [6.45, 7) is 1.78. The average molecular weight is 356 g/mol. The Balaban J connectivity index is 1.71. The van der Waals surface area contributed by atoms with Crippen molar-refractivity contribution < 1.29 is 9.53 Å². The van der Waals surface area contributed by atoms with Gasteiger partial charge in [0.2, 0.25) is 0 Å². The number of anilines is 2. The molecule has 2 aromatic carbocycles. The molecule has 0 radical (unpaired) electrons. The zero-order valence-electron chi connectivity index (χ0n) is 13.6. The summed E-state index contributed by atoms with van der Waals surface area (Å²) in [6, 6.07) is 18.3. The van der Waals surface area contributed by atoms with Gasteiger partial charge >= 0.3 is 6.09 Å². The predicted molar refractivity (Wildman–Crippen MR) is 100 cm³/mol. The molecule has 3 aromatic rings. The summed E-state index contributed by atoms with van der Waals surface area (Å²) in [6.07, 6.45) is 0.829. The number of nitrogens with two attached hydrogens (primary N) is 1. The van der Waals surface area contributed by atoms with Gasteiger partial charge in [-0.05, 0) is 49.4 Å². The van der Waals surface area contributed by atoms with E-state index < -0.39 is 12.2 Å². The summed E-state index contributed by atoms with van der Waals surface area (Å²) in [5, 5.41) is 3.31. The van der Waals surface area contributed by atoms with E-state index in [1.807, 2.05) is 47.2 Å². The largest absolute Gasteiger partial charge is 0.441 e. The van der Waals surface area contributed by atoms with Crippen LogP contribution in [-0.2, 0) is 4.74 Å². The first kappa shape index (κ1) is 16.9. The highest BCUT2D eigenvalue weighted by Crippen LogP contribution is 2.25. The van der Waals surface area contributed by atoms with Gasteiger partial charge in [0.05, 0.1) is 0 Å². The molecule has 3 N–H and O–H groups in total. The van der Waals surface area contributed by atoms with E-state index in [2.05, 4.69) is 5.32 Å². The Bertz CT molecular complexity index is 874. The van der Waals surface area contributed by atoms with Crippen molar-refractivity contribution in [3.63, 3.8) is 0 Å². The molecule has 3 rings (SSSR count). The number of rotatable bonds is 4. The van der Waals surface area contributed by atoms with Crippen LogP contribution in [-0.4, -0.2) is 10.7 Å². The van der Waals surface area contributed by atoms with Crippen molar-refractivity contribution in [1.82, 2.24) is 4.57 Å². The Hall–Kier alpha value is -2.92. The summed E-state index contributed by atoms with van der Waals surface area (Å²) >= 11 is 6.14. The Morgan fingerprint density at radius 2 is 1.84 bits per heavy atom. The molecule has 6 heteroatoms. The minimum Gasteiger partial charge on any atom is -0.441 e. The highest BCUT2D eigenvalue weighted by molar-refractivity contribution is 6.31. The third-order valence-electron chi connectivity index (χ3n) is 3.78. The Kier molecular flexibility index (Phi) is 4.95. The van der Waals surface area contributed by atoms with E-state index in [-0.39, 0.29) is 0 Å². The summed E-state index contributed by atoms with van der Waals surface area (Å²) < 4.78 is 7.27. The van der Waals surface area contributed by atoms with Crippen LogP contribution < -0.4 is 11.1 Å². The van der Waals surface area contributed by atoms with E-state index in [1.54, 1.807) is 31.2 Å². The van der Waals surface area contributed by atoms with E-state index in [0.29, 0.717) is 16.5 Å². The Morgan fingerprint density at radius 3 is 2.56 bits per heavy atom. The zero-order chi connectivity index (χ0) is 17.8. The lowest BCUT2D eigenvalue weighted by molar-refractivity contribution is 0.121. The number of carbonyl (C=O) groups is 1. The van der Waals surface area contributed by atoms with Crippen LogP contribution in [0.25, 0.3) is 5.69 Å². The molecule has 0 aliphatic carbocycles. The molecule has 0 aliphatic rings. The topological polar surface area (TPSA) is 69.3 Å². The number of benzene rings is 2. The van der Waals surface area contributed by atoms with Crippen molar-refractivity contribution in [2.75, 3.05) is 11.1 Å². The van der Waals surface area contributed by atoms with Crippen molar-refractivity contribution in [2.24, 2.45) is 0 Å². The third kappa shape index (κ3) is 3.95. The maximum Gasteiger partial charge on any atom is 0.413 e. The summed E-state index contributed by atoms with van der Waals surface area (Å²) in [5.74, 6) is 0.598. The van der Waals surface area contributed by atoms with Crippen molar-refractivity contribution in [3.8, 4) is 5.69 Å². The van der Waals surface area contributed by atoms with Crippen LogP contribution in [0.4, 0.5) is 16.3 Å². The molecular formula is C19H18ClN3O2. The second kappa shape index (κ2) is 7.32. The van der Waals surface area contributed by atoms with Crippen LogP contribution in [0.15, 0.2) is 66.9 Å². The van der Waals surface area contributed by atoms with Crippen LogP contribution in [0, 0.1) is 0 Å². The minimum atomic E-state index is -0.553. The molecule has 1 heterocycles. The van der Waals surface area contributed by atoms with Gasteiger partial charge in [0.15, 0.2) is 0 Å². The second-order valence-corrected chi connectivity index (χ2v) is 5.96. The van der Waals surface area contributed by atoms with Crippen molar-refractivity contribution in [1.29, 1.82) is 0 Å². The SMILES string of the molecule is C[C@@H](OC(=O)Nc1cccn1-c1ccc(N)cc1)c1ccccc1Cl. The molecule has 1 atom stereocenters. The normalized spacial score (nSPS) is 11.8. The zero-order valence-corrected chi connectivity index (χ0v) is 14.4. The van der Waals surface area contributed by atoms with Crippen LogP contribution in [0.2, 0.25) is 5.02 Å². The maximum atomic E-state index is 12.2. The first-order chi connectivity index (χ1) is 12.0. The molecule has 0 unspecified atom stereocenters. The molecule has 1 aromatic heterocycles. The number of nitrogens with zero attached hydrogens (tertiary/aromatic N) is 1. The Morgan fingerprint density at radius 1 is 1.12 bits per heavy atom. The van der Waals surface area contributed by atoms with E-state index in [4.69, 9.17) is 22.1 Å². The average Bonchev–Trinajstić information content (AvgIpc) is 3.03. The number of amides is 1. The van der Waals surface area contributed by atoms with Crippen LogP contribution in [0.1, 0.15) is 18.6 Å². The van der Waals surface area contributed by atoms with Gasteiger partial charge in [0.1, 0.15) is 11.9 Å². The fourth-order valence-corrected chi connectivity index (χ4v) is 2.80. The molecule has 1 amide bonds. The quantitative estimate of drug-likeness (QED) is 0.645. The molecule has 0 saturated carbocycles. The third-order valence-corrected chi connectivity index (χ3v) is 4.12. The van der Waals surface area contributed by atoms with Gasteiger partial charge in [0.25, 0.3) is 0 Å². The van der Waals surface area contributed by atoms with Gasteiger partial charge in [-0.3, -0.25) is 5.32 Å². The number of aromatic nitrogens is 1. The lowest BCUT2D eigenvalue weighted by Crippen LogP contribution is -2.18. The van der Waals surface area contributed by atoms with Gasteiger partial charge in [0, 0.05) is 28.2 Å². The first-order valence-corrected chi connectivity index (χ1v) is 8.18. The van der Waals surface area contributed by atoms with Crippen molar-refractivity contribution in [3.05, 3.63) is 77.4 Å². The standard InChI is InChI=1S/C19H18ClN3O2/c1-13(16-5-2-3-6-17(16)20)25-19(24)22-18-7-4-12-23(18)15-10-8-14(21)9-11-15/h2-13H,21H2,1H3,(H,22,24)/t13-/m1/s1. The molecule has 0 spiro atoms. The minimum absolute atomic E-state index is 0.464. The number of ether oxygens (including phenoxy) is 1. The van der Waals surface area contributed by atoms with Crippen molar-refractivity contribution in [2.45, 2.75) is 13.0 Å². The fourth-order valence-electron chi connectivity index (χ4n) is 2.51. The number of nitrogen functional groups attached to an aromatic ring is 1. The van der Waals surface area contributed by atoms with E-state index >= 15 is 0 Å². The maximum absolute atomic E-state index is 12.2. The number of nitrogens with one attached hydrogen (secondary N) is 1. The predicted octanol–water partition coefficient (Wildman–Crippen LogP) is 5.02. The van der Waals surface area contributed by atoms with Crippen LogP contribution in [0.3, 0.4) is 0 Å². The summed E-state index contributed by atoms with van der Waals surface area (Å²) in [5.41, 5.74) is 8.03. The van der Waals surface area contributed by atoms with E-state index in [1.165, 1.54) is 0 Å². The number of hydrogen-bond acceptors (Lipinski definition) is 3. The van der Waals surface area contributed by atoms with E-state index in [9.17, 15) is 4.79 Å². The molecule has 0 fully saturated rings. The molecular weight excluding hydrogens is 338 g/mol. The number of hydrogen-bond donors (Lipinski definition) is 2. The smallest absolute Gasteiger partial charge is 0.413 e. The van der Waals surface area contributed by atoms with Gasteiger partial charge in [-0.15, -0.1) is 0 Å². The highest BCUT2D eigenvalue weighted by atomic mass is 35.5. The highest BCUT2D eigenvalue weighted by Gasteiger charge is 2.15. The summed E-state index contributed by atoms with van der Waals surface area (Å²) in [4.78, 5) is 12.2. The number of carbonyl (C=O) groups excluding carboxylic acids is 1.